The molecule has 6 heteroatoms. The molecule has 1 aromatic rings. The van der Waals surface area contributed by atoms with E-state index in [2.05, 4.69) is 5.32 Å². The van der Waals surface area contributed by atoms with Crippen LogP contribution in [0.15, 0.2) is 18.2 Å². The Balaban J connectivity index is 1.71. The second-order valence-corrected chi connectivity index (χ2v) is 6.12. The van der Waals surface area contributed by atoms with Crippen LogP contribution in [0.3, 0.4) is 0 Å². The summed E-state index contributed by atoms with van der Waals surface area (Å²) in [7, 11) is 1.56. The summed E-state index contributed by atoms with van der Waals surface area (Å²) in [5, 5.41) is 2.85. The maximum absolute atomic E-state index is 11.9. The van der Waals surface area contributed by atoms with Crippen molar-refractivity contribution in [1.29, 1.82) is 0 Å². The molecule has 3 N–H and O–H groups in total. The monoisotopic (exact) mass is 310 g/mol. The second-order valence-electron chi connectivity index (χ2n) is 4.97. The molecule has 1 unspecified atom stereocenters. The van der Waals surface area contributed by atoms with Gasteiger partial charge in [-0.2, -0.15) is 11.8 Å². The lowest BCUT2D eigenvalue weighted by Crippen LogP contribution is -2.14. The third-order valence-electron chi connectivity index (χ3n) is 3.30. The molecule has 1 heterocycles. The molecule has 1 aliphatic heterocycles. The van der Waals surface area contributed by atoms with Crippen LogP contribution in [0.2, 0.25) is 0 Å². The summed E-state index contributed by atoms with van der Waals surface area (Å²) in [6.45, 7) is 0.878. The standard InChI is InChI=1S/C15H22N2O3S/c1-19-14-9-11(16)4-5-13(14)17-15(18)6-8-21-10-12-3-2-7-20-12/h4-5,9,12H,2-3,6-8,10,16H2,1H3,(H,17,18). The van der Waals surface area contributed by atoms with Crippen molar-refractivity contribution in [2.45, 2.75) is 25.4 Å². The molecule has 1 aromatic carbocycles. The maximum Gasteiger partial charge on any atom is 0.225 e. The first-order valence-electron chi connectivity index (χ1n) is 7.11. The van der Waals surface area contributed by atoms with E-state index in [-0.39, 0.29) is 5.91 Å². The number of nitrogens with one attached hydrogen (secondary N) is 1. The van der Waals surface area contributed by atoms with Crippen molar-refractivity contribution in [3.05, 3.63) is 18.2 Å². The van der Waals surface area contributed by atoms with Crippen molar-refractivity contribution in [3.8, 4) is 5.75 Å². The third-order valence-corrected chi connectivity index (χ3v) is 4.40. The van der Waals surface area contributed by atoms with E-state index >= 15 is 0 Å². The second kappa shape index (κ2) is 8.14. The van der Waals surface area contributed by atoms with Crippen molar-refractivity contribution < 1.29 is 14.3 Å². The van der Waals surface area contributed by atoms with E-state index in [1.807, 2.05) is 0 Å². The average molecular weight is 310 g/mol. The number of nitrogen functional groups attached to an aromatic ring is 1. The molecule has 116 valence electrons. The molecular weight excluding hydrogens is 288 g/mol. The van der Waals surface area contributed by atoms with Gasteiger partial charge in [0.05, 0.1) is 18.9 Å². The van der Waals surface area contributed by atoms with Crippen LogP contribution in [0, 0.1) is 0 Å². The van der Waals surface area contributed by atoms with Gasteiger partial charge >= 0.3 is 0 Å². The quantitative estimate of drug-likeness (QED) is 0.598. The summed E-state index contributed by atoms with van der Waals surface area (Å²) in [6, 6.07) is 5.19. The number of amides is 1. The zero-order valence-corrected chi connectivity index (χ0v) is 13.1. The highest BCUT2D eigenvalue weighted by molar-refractivity contribution is 7.99. The first kappa shape index (κ1) is 16.0. The van der Waals surface area contributed by atoms with Gasteiger partial charge in [0.1, 0.15) is 5.75 Å². The van der Waals surface area contributed by atoms with Gasteiger partial charge in [0.2, 0.25) is 5.91 Å². The van der Waals surface area contributed by atoms with Gasteiger partial charge < -0.3 is 20.5 Å². The van der Waals surface area contributed by atoms with Crippen LogP contribution in [0.4, 0.5) is 11.4 Å². The normalized spacial score (nSPS) is 17.7. The molecule has 0 spiro atoms. The number of ether oxygens (including phenoxy) is 2. The topological polar surface area (TPSA) is 73.6 Å². The van der Waals surface area contributed by atoms with Gasteiger partial charge in [-0.25, -0.2) is 0 Å². The molecule has 1 saturated heterocycles. The molecule has 0 aliphatic carbocycles. The van der Waals surface area contributed by atoms with Crippen LogP contribution in [0.5, 0.6) is 5.75 Å². The summed E-state index contributed by atoms with van der Waals surface area (Å²) in [5.41, 5.74) is 6.95. The number of hydrogen-bond donors (Lipinski definition) is 2. The number of hydrogen-bond acceptors (Lipinski definition) is 5. The summed E-state index contributed by atoms with van der Waals surface area (Å²) < 4.78 is 10.8. The minimum absolute atomic E-state index is 0.0158. The zero-order valence-electron chi connectivity index (χ0n) is 12.3. The van der Waals surface area contributed by atoms with Crippen molar-refractivity contribution >= 4 is 29.0 Å². The van der Waals surface area contributed by atoms with Gasteiger partial charge in [0.25, 0.3) is 0 Å². The molecule has 5 nitrogen and oxygen atoms in total. The van der Waals surface area contributed by atoms with Crippen molar-refractivity contribution in [2.75, 3.05) is 36.3 Å². The van der Waals surface area contributed by atoms with Crippen molar-refractivity contribution in [3.63, 3.8) is 0 Å². The lowest BCUT2D eigenvalue weighted by atomic mass is 10.2. The van der Waals surface area contributed by atoms with E-state index < -0.39 is 0 Å². The number of methoxy groups -OCH3 is 1. The van der Waals surface area contributed by atoms with E-state index in [0.717, 1.165) is 31.0 Å². The molecule has 0 radical (unpaired) electrons. The largest absolute Gasteiger partial charge is 0.494 e. The molecule has 2 rings (SSSR count). The van der Waals surface area contributed by atoms with Crippen molar-refractivity contribution in [2.24, 2.45) is 0 Å². The lowest BCUT2D eigenvalue weighted by molar-refractivity contribution is -0.115. The van der Waals surface area contributed by atoms with E-state index in [9.17, 15) is 4.79 Å². The van der Waals surface area contributed by atoms with Gasteiger partial charge in [-0.3, -0.25) is 4.79 Å². The zero-order chi connectivity index (χ0) is 15.1. The minimum Gasteiger partial charge on any atom is -0.494 e. The fourth-order valence-electron chi connectivity index (χ4n) is 2.18. The Kier molecular flexibility index (Phi) is 6.20. The molecule has 0 saturated carbocycles. The fourth-order valence-corrected chi connectivity index (χ4v) is 3.20. The Hall–Kier alpha value is -1.40. The van der Waals surface area contributed by atoms with Gasteiger partial charge in [-0.1, -0.05) is 0 Å². The van der Waals surface area contributed by atoms with Gasteiger partial charge in [-0.15, -0.1) is 0 Å². The first-order valence-corrected chi connectivity index (χ1v) is 8.27. The Morgan fingerprint density at radius 1 is 1.57 bits per heavy atom. The fraction of sp³-hybridized carbons (Fsp3) is 0.533. The third kappa shape index (κ3) is 5.13. The lowest BCUT2D eigenvalue weighted by Gasteiger charge is -2.11. The molecule has 1 aliphatic rings. The summed E-state index contributed by atoms with van der Waals surface area (Å²) >= 11 is 1.76. The summed E-state index contributed by atoms with van der Waals surface area (Å²) in [5.74, 6) is 2.33. The van der Waals surface area contributed by atoms with Crippen LogP contribution in [-0.4, -0.2) is 37.2 Å². The average Bonchev–Trinajstić information content (AvgIpc) is 2.99. The summed E-state index contributed by atoms with van der Waals surface area (Å²) in [6.07, 6.45) is 3.14. The predicted molar refractivity (Wildman–Crippen MR) is 87.0 cm³/mol. The molecular formula is C15H22N2O3S. The van der Waals surface area contributed by atoms with E-state index in [0.29, 0.717) is 29.6 Å². The Morgan fingerprint density at radius 2 is 2.43 bits per heavy atom. The van der Waals surface area contributed by atoms with E-state index in [4.69, 9.17) is 15.2 Å². The number of anilines is 2. The Morgan fingerprint density at radius 3 is 3.14 bits per heavy atom. The van der Waals surface area contributed by atoms with Crippen LogP contribution in [0.25, 0.3) is 0 Å². The Bertz CT molecular complexity index is 476. The number of carbonyl (C=O) groups excluding carboxylic acids is 1. The Labute approximate surface area is 129 Å². The number of rotatable bonds is 7. The van der Waals surface area contributed by atoms with Gasteiger partial charge in [0.15, 0.2) is 0 Å². The number of benzene rings is 1. The molecule has 1 fully saturated rings. The molecule has 0 bridgehead atoms. The molecule has 1 atom stereocenters. The summed E-state index contributed by atoms with van der Waals surface area (Å²) in [4.78, 5) is 11.9. The van der Waals surface area contributed by atoms with Crippen LogP contribution < -0.4 is 15.8 Å². The first-order chi connectivity index (χ1) is 10.2. The van der Waals surface area contributed by atoms with Crippen molar-refractivity contribution in [1.82, 2.24) is 0 Å². The van der Waals surface area contributed by atoms with Crippen LogP contribution in [-0.2, 0) is 9.53 Å². The minimum atomic E-state index is -0.0158. The molecule has 1 amide bonds. The SMILES string of the molecule is COc1cc(N)ccc1NC(=O)CCSCC1CCCO1. The predicted octanol–water partition coefficient (Wildman–Crippen LogP) is 2.52. The van der Waals surface area contributed by atoms with Crippen LogP contribution in [0.1, 0.15) is 19.3 Å². The number of nitrogens with two attached hydrogens (primary N) is 1. The maximum atomic E-state index is 11.9. The van der Waals surface area contributed by atoms with E-state index in [1.165, 1.54) is 0 Å². The number of carbonyl (C=O) groups is 1. The highest BCUT2D eigenvalue weighted by Gasteiger charge is 2.15. The molecule has 0 aromatic heterocycles. The van der Waals surface area contributed by atoms with E-state index in [1.54, 1.807) is 37.1 Å². The van der Waals surface area contributed by atoms with Gasteiger partial charge in [0, 0.05) is 36.3 Å². The molecule has 21 heavy (non-hydrogen) atoms. The number of thioether (sulfide) groups is 1. The highest BCUT2D eigenvalue weighted by atomic mass is 32.2. The van der Waals surface area contributed by atoms with Gasteiger partial charge in [-0.05, 0) is 25.0 Å². The van der Waals surface area contributed by atoms with Crippen LogP contribution >= 0.6 is 11.8 Å². The smallest absolute Gasteiger partial charge is 0.225 e. The highest BCUT2D eigenvalue weighted by Crippen LogP contribution is 2.26.